The van der Waals surface area contributed by atoms with Gasteiger partial charge in [-0.25, -0.2) is 0 Å². The minimum Gasteiger partial charge on any atom is -0.494 e. The first kappa shape index (κ1) is 17.3. The fourth-order valence-electron chi connectivity index (χ4n) is 3.20. The second-order valence-electron chi connectivity index (χ2n) is 6.49. The lowest BCUT2D eigenvalue weighted by Crippen LogP contribution is -2.34. The van der Waals surface area contributed by atoms with Gasteiger partial charge in [-0.1, -0.05) is 38.3 Å². The van der Waals surface area contributed by atoms with Gasteiger partial charge in [0, 0.05) is 12.6 Å². The summed E-state index contributed by atoms with van der Waals surface area (Å²) >= 11 is 0. The topological polar surface area (TPSA) is 32.7 Å². The highest BCUT2D eigenvalue weighted by molar-refractivity contribution is 5.28. The first-order valence-corrected chi connectivity index (χ1v) is 8.81. The molecular weight excluding hydrogens is 274 g/mol. The first-order chi connectivity index (χ1) is 10.7. The fourth-order valence-corrected chi connectivity index (χ4v) is 3.20. The van der Waals surface area contributed by atoms with Crippen molar-refractivity contribution >= 4 is 0 Å². The Morgan fingerprint density at radius 3 is 2.50 bits per heavy atom. The molecule has 1 N–H and O–H groups in total. The maximum Gasteiger partial charge on any atom is 0.119 e. The van der Waals surface area contributed by atoms with Crippen LogP contribution in [0.4, 0.5) is 0 Å². The molecular formula is C19H31NO2. The highest BCUT2D eigenvalue weighted by atomic mass is 16.5. The van der Waals surface area contributed by atoms with E-state index in [2.05, 4.69) is 18.9 Å². The summed E-state index contributed by atoms with van der Waals surface area (Å²) in [5.41, 5.74) is 0.987. The number of aliphatic hydroxyl groups excluding tert-OH is 1. The van der Waals surface area contributed by atoms with Crippen LogP contribution in [0, 0.1) is 0 Å². The fraction of sp³-hybridized carbons (Fsp3) is 0.684. The predicted molar refractivity (Wildman–Crippen MR) is 91.3 cm³/mol. The second kappa shape index (κ2) is 9.16. The monoisotopic (exact) mass is 305 g/mol. The van der Waals surface area contributed by atoms with Crippen LogP contribution < -0.4 is 4.74 Å². The summed E-state index contributed by atoms with van der Waals surface area (Å²) in [4.78, 5) is 2.43. The molecule has 124 valence electrons. The van der Waals surface area contributed by atoms with Crippen LogP contribution in [0.3, 0.4) is 0 Å². The summed E-state index contributed by atoms with van der Waals surface area (Å²) in [7, 11) is 2.20. The molecule has 0 heterocycles. The summed E-state index contributed by atoms with van der Waals surface area (Å²) in [5, 5.41) is 10.4. The van der Waals surface area contributed by atoms with Gasteiger partial charge >= 0.3 is 0 Å². The van der Waals surface area contributed by atoms with E-state index in [9.17, 15) is 5.11 Å². The van der Waals surface area contributed by atoms with E-state index in [1.165, 1.54) is 32.1 Å². The molecule has 1 saturated carbocycles. The highest BCUT2D eigenvalue weighted by Gasteiger charge is 2.18. The Labute approximate surface area is 135 Å². The van der Waals surface area contributed by atoms with Crippen molar-refractivity contribution in [3.05, 3.63) is 29.8 Å². The summed E-state index contributed by atoms with van der Waals surface area (Å²) in [6.07, 6.45) is 8.16. The van der Waals surface area contributed by atoms with Crippen molar-refractivity contribution in [2.24, 2.45) is 0 Å². The van der Waals surface area contributed by atoms with E-state index < -0.39 is 0 Å². The number of rotatable bonds is 8. The molecule has 1 atom stereocenters. The van der Waals surface area contributed by atoms with E-state index in [4.69, 9.17) is 4.74 Å². The molecule has 1 unspecified atom stereocenters. The Hall–Kier alpha value is -1.06. The van der Waals surface area contributed by atoms with Crippen LogP contribution in [0.1, 0.15) is 63.5 Å². The third-order valence-electron chi connectivity index (χ3n) is 4.69. The highest BCUT2D eigenvalue weighted by Crippen LogP contribution is 2.24. The number of benzene rings is 1. The molecule has 0 amide bonds. The van der Waals surface area contributed by atoms with Gasteiger partial charge in [0.15, 0.2) is 0 Å². The van der Waals surface area contributed by atoms with Gasteiger partial charge in [0.2, 0.25) is 0 Å². The van der Waals surface area contributed by atoms with Crippen molar-refractivity contribution in [3.8, 4) is 5.75 Å². The molecule has 1 fully saturated rings. The molecule has 2 rings (SSSR count). The molecule has 0 radical (unpaired) electrons. The number of hydrogen-bond donors (Lipinski definition) is 1. The van der Waals surface area contributed by atoms with Crippen LogP contribution in [-0.2, 0) is 0 Å². The molecule has 0 bridgehead atoms. The van der Waals surface area contributed by atoms with Crippen LogP contribution in [0.25, 0.3) is 0 Å². The number of ether oxygens (including phenoxy) is 1. The summed E-state index contributed by atoms with van der Waals surface area (Å²) < 4.78 is 5.58. The van der Waals surface area contributed by atoms with Crippen LogP contribution in [0.2, 0.25) is 0 Å². The summed E-state index contributed by atoms with van der Waals surface area (Å²) in [5.74, 6) is 0.886. The van der Waals surface area contributed by atoms with Crippen molar-refractivity contribution in [2.75, 3.05) is 20.2 Å². The Morgan fingerprint density at radius 1 is 1.18 bits per heavy atom. The maximum atomic E-state index is 10.4. The van der Waals surface area contributed by atoms with Gasteiger partial charge in [0.1, 0.15) is 5.75 Å². The molecule has 0 saturated heterocycles. The molecule has 1 aromatic rings. The van der Waals surface area contributed by atoms with Crippen LogP contribution in [-0.4, -0.2) is 36.2 Å². The molecule has 0 aromatic heterocycles. The first-order valence-electron chi connectivity index (χ1n) is 8.81. The number of aliphatic hydroxyl groups is 1. The lowest BCUT2D eigenvalue weighted by atomic mass is 9.94. The SMILES string of the molecule is CCCOc1ccc(C(O)CCN(C)C2CCCCC2)cc1. The summed E-state index contributed by atoms with van der Waals surface area (Å²) in [6.45, 7) is 3.80. The minimum absolute atomic E-state index is 0.383. The van der Waals surface area contributed by atoms with Crippen LogP contribution in [0.5, 0.6) is 5.75 Å². The molecule has 3 heteroatoms. The normalized spacial score (nSPS) is 17.6. The zero-order chi connectivity index (χ0) is 15.8. The van der Waals surface area contributed by atoms with Crippen molar-refractivity contribution in [1.29, 1.82) is 0 Å². The number of hydrogen-bond acceptors (Lipinski definition) is 3. The zero-order valence-corrected chi connectivity index (χ0v) is 14.1. The van der Waals surface area contributed by atoms with Crippen molar-refractivity contribution in [3.63, 3.8) is 0 Å². The van der Waals surface area contributed by atoms with E-state index in [0.717, 1.165) is 37.3 Å². The van der Waals surface area contributed by atoms with E-state index in [0.29, 0.717) is 6.04 Å². The zero-order valence-electron chi connectivity index (χ0n) is 14.1. The average molecular weight is 305 g/mol. The van der Waals surface area contributed by atoms with E-state index in [1.807, 2.05) is 24.3 Å². The lowest BCUT2D eigenvalue weighted by molar-refractivity contribution is 0.125. The van der Waals surface area contributed by atoms with Gasteiger partial charge in [0.25, 0.3) is 0 Å². The summed E-state index contributed by atoms with van der Waals surface area (Å²) in [6, 6.07) is 8.59. The third kappa shape index (κ3) is 5.29. The average Bonchev–Trinajstić information content (AvgIpc) is 2.58. The Morgan fingerprint density at radius 2 is 1.86 bits per heavy atom. The largest absolute Gasteiger partial charge is 0.494 e. The number of nitrogens with zero attached hydrogens (tertiary/aromatic N) is 1. The van der Waals surface area contributed by atoms with Crippen molar-refractivity contribution in [1.82, 2.24) is 4.90 Å². The Balaban J connectivity index is 1.77. The molecule has 1 aliphatic carbocycles. The van der Waals surface area contributed by atoms with Gasteiger partial charge in [-0.2, -0.15) is 0 Å². The van der Waals surface area contributed by atoms with Crippen LogP contribution >= 0.6 is 0 Å². The van der Waals surface area contributed by atoms with Crippen LogP contribution in [0.15, 0.2) is 24.3 Å². The molecule has 1 aromatic carbocycles. The van der Waals surface area contributed by atoms with E-state index in [-0.39, 0.29) is 6.10 Å². The quantitative estimate of drug-likeness (QED) is 0.782. The predicted octanol–water partition coefficient (Wildman–Crippen LogP) is 4.16. The van der Waals surface area contributed by atoms with Gasteiger partial charge in [-0.05, 0) is 50.4 Å². The maximum absolute atomic E-state index is 10.4. The van der Waals surface area contributed by atoms with Gasteiger partial charge < -0.3 is 14.7 Å². The smallest absolute Gasteiger partial charge is 0.119 e. The minimum atomic E-state index is -0.383. The molecule has 1 aliphatic rings. The molecule has 0 aliphatic heterocycles. The molecule has 0 spiro atoms. The standard InChI is InChI=1S/C19H31NO2/c1-3-15-22-18-11-9-16(10-12-18)19(21)13-14-20(2)17-7-5-4-6-8-17/h9-12,17,19,21H,3-8,13-15H2,1-2H3. The van der Waals surface area contributed by atoms with Gasteiger partial charge in [0.05, 0.1) is 12.7 Å². The Bertz CT molecular complexity index is 412. The van der Waals surface area contributed by atoms with E-state index in [1.54, 1.807) is 0 Å². The van der Waals surface area contributed by atoms with E-state index >= 15 is 0 Å². The third-order valence-corrected chi connectivity index (χ3v) is 4.69. The Kier molecular flexibility index (Phi) is 7.20. The van der Waals surface area contributed by atoms with Gasteiger partial charge in [-0.15, -0.1) is 0 Å². The molecule has 3 nitrogen and oxygen atoms in total. The van der Waals surface area contributed by atoms with Crippen molar-refractivity contribution < 1.29 is 9.84 Å². The molecule has 22 heavy (non-hydrogen) atoms. The van der Waals surface area contributed by atoms with Gasteiger partial charge in [-0.3, -0.25) is 0 Å². The lowest BCUT2D eigenvalue weighted by Gasteiger charge is -2.31. The van der Waals surface area contributed by atoms with Crippen molar-refractivity contribution in [2.45, 2.75) is 64.0 Å². The second-order valence-corrected chi connectivity index (χ2v) is 6.49.